The normalized spacial score (nSPS) is 27.9. The molecule has 1 saturated heterocycles. The van der Waals surface area contributed by atoms with E-state index in [-0.39, 0.29) is 46.6 Å². The molecule has 3 atom stereocenters. The second-order valence-corrected chi connectivity index (χ2v) is 13.4. The summed E-state index contributed by atoms with van der Waals surface area (Å²) in [4.78, 5) is 31.7. The van der Waals surface area contributed by atoms with Crippen LogP contribution in [0.15, 0.2) is 23.7 Å². The van der Waals surface area contributed by atoms with E-state index in [9.17, 15) is 27.9 Å². The van der Waals surface area contributed by atoms with Gasteiger partial charge in [-0.25, -0.2) is 0 Å². The van der Waals surface area contributed by atoms with Crippen LogP contribution in [0.2, 0.25) is 10.0 Å². The smallest absolute Gasteiger partial charge is 0.466 e. The molecule has 0 radical (unpaired) electrons. The Morgan fingerprint density at radius 1 is 1.16 bits per heavy atom. The molecule has 2 aliphatic carbocycles. The third kappa shape index (κ3) is 7.59. The number of carbonyl (C=O) groups excluding carboxylic acids is 2. The van der Waals surface area contributed by atoms with Gasteiger partial charge in [0.15, 0.2) is 0 Å². The molecule has 1 aromatic rings. The van der Waals surface area contributed by atoms with Crippen molar-refractivity contribution in [2.24, 2.45) is 17.3 Å². The number of allylic oxidation sites excluding steroid dienone is 1. The minimum atomic E-state index is -4.90. The van der Waals surface area contributed by atoms with Gasteiger partial charge in [-0.05, 0) is 44.9 Å². The standard InChI is InChI=1S/C31H41Cl2F3N4O4/c1-3-44-29(43)30(2)11-9-20(10-12-30)39-27(31(34,35)36)21(14-37)28(42)40-17-19(18-7-5-4-6-8-18)13-24(40)26(41)25-22(32)15-38-16-23(25)33/h14-16,18-20,24,26,37,39,41H,3-13,17H2,1-2H3/p+1. The Morgan fingerprint density at radius 2 is 1.77 bits per heavy atom. The number of pyridine rings is 1. The largest absolute Gasteiger partial charge is 0.467 e. The van der Waals surface area contributed by atoms with Crippen LogP contribution in [0.5, 0.6) is 0 Å². The number of aliphatic hydroxyl groups is 1. The highest BCUT2D eigenvalue weighted by atomic mass is 35.5. The summed E-state index contributed by atoms with van der Waals surface area (Å²) in [6.07, 6.45) is 3.64. The van der Waals surface area contributed by atoms with Gasteiger partial charge in [0.05, 0.1) is 34.2 Å². The maximum Gasteiger partial charge on any atom is 0.467 e. The number of amides is 1. The van der Waals surface area contributed by atoms with E-state index in [1.54, 1.807) is 13.8 Å². The minimum Gasteiger partial charge on any atom is -0.466 e. The molecule has 0 bridgehead atoms. The van der Waals surface area contributed by atoms with Crippen molar-refractivity contribution < 1.29 is 37.9 Å². The average Bonchev–Trinajstić information content (AvgIpc) is 3.44. The first kappa shape index (κ1) is 34.7. The molecule has 2 saturated carbocycles. The van der Waals surface area contributed by atoms with Crippen molar-refractivity contribution in [1.82, 2.24) is 9.88 Å². The zero-order chi connectivity index (χ0) is 32.2. The van der Waals surface area contributed by atoms with Crippen molar-refractivity contribution in [1.29, 1.82) is 5.41 Å². The first-order chi connectivity index (χ1) is 20.8. The van der Waals surface area contributed by atoms with Gasteiger partial charge >= 0.3 is 12.1 Å². The molecule has 4 N–H and O–H groups in total. The number of nitrogens with one attached hydrogen (secondary N) is 1. The lowest BCUT2D eigenvalue weighted by Gasteiger charge is -2.34. The number of ether oxygens (including phenoxy) is 1. The van der Waals surface area contributed by atoms with Gasteiger partial charge in [0.1, 0.15) is 11.7 Å². The maximum absolute atomic E-state index is 14.6. The number of hydrogen-bond acceptors (Lipinski definition) is 6. The Labute approximate surface area is 266 Å². The van der Waals surface area contributed by atoms with E-state index in [1.165, 1.54) is 17.3 Å². The molecule has 44 heavy (non-hydrogen) atoms. The van der Waals surface area contributed by atoms with Crippen molar-refractivity contribution in [3.05, 3.63) is 39.3 Å². The summed E-state index contributed by atoms with van der Waals surface area (Å²) >= 11 is 12.7. The molecule has 3 unspecified atom stereocenters. The molecule has 1 aliphatic heterocycles. The number of esters is 1. The fourth-order valence-electron chi connectivity index (χ4n) is 7.21. The molecule has 3 fully saturated rings. The number of quaternary nitrogens is 1. The third-order valence-electron chi connectivity index (χ3n) is 9.78. The predicted molar refractivity (Wildman–Crippen MR) is 160 cm³/mol. The minimum absolute atomic E-state index is 0.0255. The number of aromatic nitrogens is 1. The second kappa shape index (κ2) is 14.5. The van der Waals surface area contributed by atoms with Crippen LogP contribution in [0.1, 0.15) is 89.7 Å². The van der Waals surface area contributed by atoms with Crippen LogP contribution in [-0.2, 0) is 14.3 Å². The topological polar surface area (TPSA) is 120 Å². The first-order valence-corrected chi connectivity index (χ1v) is 16.2. The first-order valence-electron chi connectivity index (χ1n) is 15.4. The van der Waals surface area contributed by atoms with Gasteiger partial charge in [-0.15, -0.1) is 0 Å². The quantitative estimate of drug-likeness (QED) is 0.177. The van der Waals surface area contributed by atoms with E-state index in [2.05, 4.69) is 4.98 Å². The summed E-state index contributed by atoms with van der Waals surface area (Å²) < 4.78 is 49.0. The fourth-order valence-corrected chi connectivity index (χ4v) is 7.80. The maximum atomic E-state index is 14.6. The van der Waals surface area contributed by atoms with Gasteiger partial charge in [0.2, 0.25) is 5.70 Å². The number of rotatable bonds is 9. The molecule has 244 valence electrons. The number of halogens is 5. The number of hydrogen-bond donors (Lipinski definition) is 3. The van der Waals surface area contributed by atoms with E-state index in [0.717, 1.165) is 37.4 Å². The number of aliphatic hydroxyl groups excluding tert-OH is 1. The van der Waals surface area contributed by atoms with E-state index in [1.807, 2.05) is 0 Å². The number of nitrogens with zero attached hydrogens (tertiary/aromatic N) is 2. The number of nitrogens with two attached hydrogens (primary N) is 1. The molecule has 0 aromatic carbocycles. The monoisotopic (exact) mass is 661 g/mol. The van der Waals surface area contributed by atoms with Crippen LogP contribution in [0, 0.1) is 22.7 Å². The van der Waals surface area contributed by atoms with E-state index >= 15 is 0 Å². The SMILES string of the molecule is CCOC(=O)C1(C)CCC([NH2+]C(=C(C=N)C(=O)N2CC(C3CCCCC3)CC2C(O)c2c(Cl)cncc2Cl)C(F)(F)F)CC1. The van der Waals surface area contributed by atoms with Crippen LogP contribution in [0.25, 0.3) is 0 Å². The molecule has 2 heterocycles. The van der Waals surface area contributed by atoms with E-state index in [4.69, 9.17) is 33.3 Å². The Hall–Kier alpha value is -2.21. The lowest BCUT2D eigenvalue weighted by Crippen LogP contribution is -2.91. The average molecular weight is 663 g/mol. The predicted octanol–water partition coefficient (Wildman–Crippen LogP) is 5.76. The van der Waals surface area contributed by atoms with Gasteiger partial charge < -0.3 is 25.5 Å². The number of carbonyl (C=O) groups is 2. The van der Waals surface area contributed by atoms with Crippen molar-refractivity contribution >= 4 is 41.3 Å². The Morgan fingerprint density at radius 3 is 2.32 bits per heavy atom. The van der Waals surface area contributed by atoms with E-state index < -0.39 is 47.0 Å². The summed E-state index contributed by atoms with van der Waals surface area (Å²) in [5, 5.41) is 20.7. The highest BCUT2D eigenvalue weighted by molar-refractivity contribution is 6.35. The van der Waals surface area contributed by atoms with Crippen LogP contribution in [0.4, 0.5) is 13.2 Å². The molecule has 0 spiro atoms. The molecule has 1 aromatic heterocycles. The Balaban J connectivity index is 1.64. The highest BCUT2D eigenvalue weighted by Gasteiger charge is 2.49. The molecule has 3 aliphatic rings. The lowest BCUT2D eigenvalue weighted by molar-refractivity contribution is -0.664. The summed E-state index contributed by atoms with van der Waals surface area (Å²) in [6.45, 7) is 3.86. The Kier molecular flexibility index (Phi) is 11.4. The van der Waals surface area contributed by atoms with Crippen LogP contribution >= 0.6 is 23.2 Å². The van der Waals surface area contributed by atoms with Crippen LogP contribution in [-0.4, -0.2) is 64.5 Å². The van der Waals surface area contributed by atoms with Gasteiger partial charge in [-0.1, -0.05) is 55.3 Å². The summed E-state index contributed by atoms with van der Waals surface area (Å²) in [7, 11) is 0. The van der Waals surface area contributed by atoms with Crippen molar-refractivity contribution in [2.45, 2.75) is 102 Å². The lowest BCUT2D eigenvalue weighted by atomic mass is 9.74. The van der Waals surface area contributed by atoms with Crippen molar-refractivity contribution in [3.8, 4) is 0 Å². The molecule has 8 nitrogen and oxygen atoms in total. The summed E-state index contributed by atoms with van der Waals surface area (Å²) in [5.41, 5.74) is -2.54. The molecule has 4 rings (SSSR count). The molecular weight excluding hydrogens is 620 g/mol. The molecular formula is C31H42Cl2F3N4O4+. The van der Waals surface area contributed by atoms with Gasteiger partial charge in [-0.2, -0.15) is 13.2 Å². The number of alkyl halides is 3. The Bertz CT molecular complexity index is 1230. The van der Waals surface area contributed by atoms with Crippen molar-refractivity contribution in [2.75, 3.05) is 13.2 Å². The number of likely N-dealkylation sites (tertiary alicyclic amines) is 1. The van der Waals surface area contributed by atoms with E-state index in [0.29, 0.717) is 38.3 Å². The summed E-state index contributed by atoms with van der Waals surface area (Å²) in [5.74, 6) is -1.07. The van der Waals surface area contributed by atoms with Gasteiger partial charge in [-0.3, -0.25) is 14.6 Å². The van der Waals surface area contributed by atoms with Gasteiger partial charge in [0, 0.05) is 43.6 Å². The zero-order valence-corrected chi connectivity index (χ0v) is 26.6. The highest BCUT2D eigenvalue weighted by Crippen LogP contribution is 2.44. The second-order valence-electron chi connectivity index (χ2n) is 12.6. The fraction of sp³-hybridized carbons (Fsp3) is 0.677. The third-order valence-corrected chi connectivity index (χ3v) is 10.4. The van der Waals surface area contributed by atoms with Crippen molar-refractivity contribution in [3.63, 3.8) is 0 Å². The molecule has 13 heteroatoms. The van der Waals surface area contributed by atoms with Gasteiger partial charge in [0.25, 0.3) is 5.91 Å². The summed E-state index contributed by atoms with van der Waals surface area (Å²) in [6, 6.07) is -1.43. The van der Waals surface area contributed by atoms with Crippen LogP contribution in [0.3, 0.4) is 0 Å². The molecule has 1 amide bonds. The van der Waals surface area contributed by atoms with Crippen LogP contribution < -0.4 is 5.32 Å². The zero-order valence-electron chi connectivity index (χ0n) is 25.1.